The van der Waals surface area contributed by atoms with Gasteiger partial charge in [-0.25, -0.2) is 0 Å². The van der Waals surface area contributed by atoms with Crippen molar-refractivity contribution >= 4 is 23.2 Å². The minimum Gasteiger partial charge on any atom is -0.371 e. The molecule has 0 bridgehead atoms. The van der Waals surface area contributed by atoms with E-state index in [4.69, 9.17) is 16.1 Å². The number of hydrogen-bond donors (Lipinski definition) is 0. The van der Waals surface area contributed by atoms with Crippen LogP contribution in [0.15, 0.2) is 53.1 Å². The first-order valence-electron chi connectivity index (χ1n) is 11.2. The van der Waals surface area contributed by atoms with Gasteiger partial charge in [0.15, 0.2) is 0 Å². The van der Waals surface area contributed by atoms with E-state index in [0.29, 0.717) is 29.8 Å². The van der Waals surface area contributed by atoms with Crippen LogP contribution in [0.1, 0.15) is 37.6 Å². The lowest BCUT2D eigenvalue weighted by atomic mass is 9.95. The Morgan fingerprint density at radius 1 is 1.19 bits per heavy atom. The van der Waals surface area contributed by atoms with Crippen LogP contribution in [-0.2, 0) is 11.3 Å². The molecule has 32 heavy (non-hydrogen) atoms. The number of nitrogens with zero attached hydrogens (tertiary/aromatic N) is 4. The van der Waals surface area contributed by atoms with Crippen LogP contribution in [-0.4, -0.2) is 40.6 Å². The van der Waals surface area contributed by atoms with Gasteiger partial charge in [-0.05, 0) is 62.6 Å². The van der Waals surface area contributed by atoms with Gasteiger partial charge in [0.25, 0.3) is 0 Å². The van der Waals surface area contributed by atoms with E-state index in [9.17, 15) is 4.79 Å². The summed E-state index contributed by atoms with van der Waals surface area (Å²) < 4.78 is 5.47. The molecule has 1 amide bonds. The van der Waals surface area contributed by atoms with Gasteiger partial charge in [-0.15, -0.1) is 0 Å². The highest BCUT2D eigenvalue weighted by molar-refractivity contribution is 6.30. The molecule has 2 aromatic carbocycles. The summed E-state index contributed by atoms with van der Waals surface area (Å²) in [7, 11) is 0. The van der Waals surface area contributed by atoms with Gasteiger partial charge in [-0.2, -0.15) is 4.98 Å². The molecule has 0 unspecified atom stereocenters. The van der Waals surface area contributed by atoms with E-state index in [0.717, 1.165) is 37.9 Å². The van der Waals surface area contributed by atoms with Crippen LogP contribution in [0.2, 0.25) is 5.02 Å². The van der Waals surface area contributed by atoms with E-state index in [2.05, 4.69) is 53.2 Å². The number of aromatic nitrogens is 2. The number of amides is 1. The fourth-order valence-electron chi connectivity index (χ4n) is 4.16. The molecule has 1 fully saturated rings. The second-order valence-corrected chi connectivity index (χ2v) is 8.84. The number of hydrogen-bond acceptors (Lipinski definition) is 5. The number of carbonyl (C=O) groups is 1. The summed E-state index contributed by atoms with van der Waals surface area (Å²) in [5, 5.41) is 4.74. The highest BCUT2D eigenvalue weighted by Gasteiger charge is 2.30. The highest BCUT2D eigenvalue weighted by atomic mass is 35.5. The van der Waals surface area contributed by atoms with Gasteiger partial charge in [0, 0.05) is 35.9 Å². The number of benzene rings is 2. The maximum absolute atomic E-state index is 13.4. The van der Waals surface area contributed by atoms with Crippen molar-refractivity contribution in [2.75, 3.05) is 24.5 Å². The van der Waals surface area contributed by atoms with E-state index in [1.165, 1.54) is 11.3 Å². The molecular weight excluding hydrogens is 424 g/mol. The molecule has 0 aliphatic carbocycles. The molecule has 1 aliphatic heterocycles. The van der Waals surface area contributed by atoms with E-state index in [1.54, 1.807) is 12.1 Å². The zero-order valence-corrected chi connectivity index (χ0v) is 19.4. The van der Waals surface area contributed by atoms with Crippen molar-refractivity contribution in [3.8, 4) is 11.4 Å². The number of aryl methyl sites for hydroxylation is 1. The van der Waals surface area contributed by atoms with Crippen molar-refractivity contribution in [1.82, 2.24) is 15.0 Å². The summed E-state index contributed by atoms with van der Waals surface area (Å²) in [4.78, 5) is 22.1. The lowest BCUT2D eigenvalue weighted by molar-refractivity contribution is -0.136. The van der Waals surface area contributed by atoms with Crippen molar-refractivity contribution in [1.29, 1.82) is 0 Å². The average molecular weight is 453 g/mol. The average Bonchev–Trinajstić information content (AvgIpc) is 3.28. The molecule has 7 heteroatoms. The zero-order valence-electron chi connectivity index (χ0n) is 18.6. The normalized spacial score (nSPS) is 16.2. The van der Waals surface area contributed by atoms with Crippen LogP contribution in [0.5, 0.6) is 0 Å². The molecule has 168 valence electrons. The molecule has 0 spiro atoms. The lowest BCUT2D eigenvalue weighted by Crippen LogP contribution is -2.45. The predicted molar refractivity (Wildman–Crippen MR) is 127 cm³/mol. The van der Waals surface area contributed by atoms with Gasteiger partial charge in [-0.1, -0.05) is 41.4 Å². The predicted octanol–water partition coefficient (Wildman–Crippen LogP) is 5.35. The first-order valence-corrected chi connectivity index (χ1v) is 11.6. The number of halogens is 1. The third kappa shape index (κ3) is 5.30. The first-order chi connectivity index (χ1) is 15.5. The molecule has 1 saturated heterocycles. The summed E-state index contributed by atoms with van der Waals surface area (Å²) >= 11 is 5.96. The van der Waals surface area contributed by atoms with E-state index >= 15 is 0 Å². The van der Waals surface area contributed by atoms with Crippen LogP contribution in [0.3, 0.4) is 0 Å². The molecule has 0 N–H and O–H groups in total. The molecular formula is C25H29ClN4O2. The number of carbonyl (C=O) groups excluding carboxylic acids is 1. The molecule has 2 heterocycles. The van der Waals surface area contributed by atoms with Crippen molar-refractivity contribution in [3.05, 3.63) is 65.0 Å². The Bertz CT molecular complexity index is 1030. The highest BCUT2D eigenvalue weighted by Crippen LogP contribution is 2.26. The van der Waals surface area contributed by atoms with Gasteiger partial charge in [0.2, 0.25) is 17.6 Å². The maximum atomic E-state index is 13.4. The molecule has 1 aromatic heterocycles. The van der Waals surface area contributed by atoms with Crippen LogP contribution < -0.4 is 4.90 Å². The largest absolute Gasteiger partial charge is 0.371 e. The van der Waals surface area contributed by atoms with Gasteiger partial charge in [0.1, 0.15) is 0 Å². The molecule has 0 radical (unpaired) electrons. The Morgan fingerprint density at radius 3 is 2.66 bits per heavy atom. The third-order valence-electron chi connectivity index (χ3n) is 5.87. The summed E-state index contributed by atoms with van der Waals surface area (Å²) in [6.07, 6.45) is 2.78. The molecule has 1 aliphatic rings. The minimum atomic E-state index is -0.0322. The fourth-order valence-corrected chi connectivity index (χ4v) is 4.29. The summed E-state index contributed by atoms with van der Waals surface area (Å²) in [6, 6.07) is 15.8. The molecule has 6 nitrogen and oxygen atoms in total. The molecule has 4 rings (SSSR count). The van der Waals surface area contributed by atoms with Gasteiger partial charge in [0.05, 0.1) is 12.5 Å². The van der Waals surface area contributed by atoms with E-state index < -0.39 is 0 Å². The van der Waals surface area contributed by atoms with E-state index in [1.807, 2.05) is 17.0 Å². The first kappa shape index (κ1) is 22.3. The standard InChI is InChI=1S/C25H29ClN4O2/c1-3-14-30(17-23-27-24(28-32-23)19-8-10-21(26)11-9-19)25(31)20-5-4-15-29(16-20)22-12-6-18(2)7-13-22/h6-13,20H,3-5,14-17H2,1-2H3/t20-/m1/s1. The van der Waals surface area contributed by atoms with Crippen molar-refractivity contribution in [2.24, 2.45) is 5.92 Å². The maximum Gasteiger partial charge on any atom is 0.246 e. The molecule has 1 atom stereocenters. The SMILES string of the molecule is CCCN(Cc1nc(-c2ccc(Cl)cc2)no1)C(=O)[C@@H]1CCCN(c2ccc(C)cc2)C1. The Morgan fingerprint density at radius 2 is 1.94 bits per heavy atom. The second kappa shape index (κ2) is 10.2. The summed E-state index contributed by atoms with van der Waals surface area (Å²) in [5.41, 5.74) is 3.25. The zero-order chi connectivity index (χ0) is 22.5. The van der Waals surface area contributed by atoms with Crippen LogP contribution >= 0.6 is 11.6 Å². The van der Waals surface area contributed by atoms with Crippen LogP contribution in [0.25, 0.3) is 11.4 Å². The van der Waals surface area contributed by atoms with Crippen LogP contribution in [0.4, 0.5) is 5.69 Å². The Balaban J connectivity index is 1.44. The smallest absolute Gasteiger partial charge is 0.246 e. The van der Waals surface area contributed by atoms with E-state index in [-0.39, 0.29) is 11.8 Å². The van der Waals surface area contributed by atoms with Gasteiger partial charge >= 0.3 is 0 Å². The second-order valence-electron chi connectivity index (χ2n) is 8.40. The minimum absolute atomic E-state index is 0.0322. The third-order valence-corrected chi connectivity index (χ3v) is 6.12. The summed E-state index contributed by atoms with van der Waals surface area (Å²) in [5.74, 6) is 1.08. The number of rotatable bonds is 7. The quantitative estimate of drug-likeness (QED) is 0.483. The van der Waals surface area contributed by atoms with Crippen molar-refractivity contribution in [2.45, 2.75) is 39.7 Å². The monoisotopic (exact) mass is 452 g/mol. The van der Waals surface area contributed by atoms with Crippen molar-refractivity contribution in [3.63, 3.8) is 0 Å². The molecule has 3 aromatic rings. The van der Waals surface area contributed by atoms with Crippen molar-refractivity contribution < 1.29 is 9.32 Å². The topological polar surface area (TPSA) is 62.5 Å². The van der Waals surface area contributed by atoms with Crippen LogP contribution in [0, 0.1) is 12.8 Å². The molecule has 0 saturated carbocycles. The Kier molecular flexibility index (Phi) is 7.10. The number of anilines is 1. The summed E-state index contributed by atoms with van der Waals surface area (Å²) in [6.45, 7) is 6.88. The van der Waals surface area contributed by atoms with Gasteiger partial charge < -0.3 is 14.3 Å². The van der Waals surface area contributed by atoms with Gasteiger partial charge in [-0.3, -0.25) is 4.79 Å². The Labute approximate surface area is 194 Å². The fraction of sp³-hybridized carbons (Fsp3) is 0.400. The Hall–Kier alpha value is -2.86. The number of piperidine rings is 1. The lowest BCUT2D eigenvalue weighted by Gasteiger charge is -2.36.